The van der Waals surface area contributed by atoms with Crippen LogP contribution in [-0.2, 0) is 14.4 Å². The van der Waals surface area contributed by atoms with Crippen molar-refractivity contribution in [2.24, 2.45) is 5.73 Å². The third kappa shape index (κ3) is 11.3. The van der Waals surface area contributed by atoms with Gasteiger partial charge in [-0.05, 0) is 57.2 Å². The molecule has 0 radical (unpaired) electrons. The number of hydrogen-bond acceptors (Lipinski definition) is 6. The summed E-state index contributed by atoms with van der Waals surface area (Å²) in [6.45, 7) is 4.17. The van der Waals surface area contributed by atoms with Gasteiger partial charge in [0.2, 0.25) is 17.7 Å². The molecule has 32 heavy (non-hydrogen) atoms. The fraction of sp³-hybridized carbons (Fsp3) is 0.545. The van der Waals surface area contributed by atoms with Crippen molar-refractivity contribution in [2.45, 2.75) is 32.6 Å². The summed E-state index contributed by atoms with van der Waals surface area (Å²) in [5.41, 5.74) is 5.70. The van der Waals surface area contributed by atoms with Crippen LogP contribution in [0.2, 0.25) is 0 Å². The number of benzene rings is 1. The molecule has 4 amide bonds. The van der Waals surface area contributed by atoms with Crippen LogP contribution < -0.4 is 15.8 Å². The highest BCUT2D eigenvalue weighted by Crippen LogP contribution is 2.16. The second kappa shape index (κ2) is 14.0. The Kier molecular flexibility index (Phi) is 11.8. The highest BCUT2D eigenvalue weighted by Gasteiger charge is 2.12. The van der Waals surface area contributed by atoms with Gasteiger partial charge in [-0.2, -0.15) is 0 Å². The molecule has 0 saturated heterocycles. The topological polar surface area (TPSA) is 125 Å². The van der Waals surface area contributed by atoms with E-state index in [0.717, 1.165) is 25.9 Å². The van der Waals surface area contributed by atoms with Crippen LogP contribution in [0.15, 0.2) is 24.3 Å². The van der Waals surface area contributed by atoms with Crippen molar-refractivity contribution >= 4 is 29.5 Å². The smallest absolute Gasteiger partial charge is 0.410 e. The summed E-state index contributed by atoms with van der Waals surface area (Å²) in [4.78, 5) is 51.1. The van der Waals surface area contributed by atoms with Crippen LogP contribution in [0, 0.1) is 0 Å². The van der Waals surface area contributed by atoms with Crippen LogP contribution in [0.4, 0.5) is 10.5 Å². The Morgan fingerprint density at radius 1 is 0.875 bits per heavy atom. The quantitative estimate of drug-likeness (QED) is 0.470. The molecule has 1 aromatic rings. The number of carbonyl (C=O) groups excluding carboxylic acids is 4. The Bertz CT molecular complexity index is 768. The van der Waals surface area contributed by atoms with Gasteiger partial charge in [0.25, 0.3) is 0 Å². The number of rotatable bonds is 13. The van der Waals surface area contributed by atoms with Crippen LogP contribution in [0.25, 0.3) is 0 Å². The zero-order valence-electron chi connectivity index (χ0n) is 19.4. The van der Waals surface area contributed by atoms with Crippen LogP contribution in [0.1, 0.15) is 32.6 Å². The maximum atomic E-state index is 12.2. The standard InChI is InChI=1S/C22H35N5O5/c1-17(28)24-18-7-9-19(10-8-18)32-22(31)27(4)16-6-14-25(2)13-5-15-26(3)21(30)12-11-20(23)29/h7-10H,5-6,11-16H2,1-4H3,(H2,23,29)(H,24,28). The minimum atomic E-state index is -0.472. The van der Waals surface area contributed by atoms with E-state index in [9.17, 15) is 19.2 Å². The van der Waals surface area contributed by atoms with Crippen molar-refractivity contribution in [3.05, 3.63) is 24.3 Å². The predicted octanol–water partition coefficient (Wildman–Crippen LogP) is 1.51. The molecule has 0 aliphatic rings. The van der Waals surface area contributed by atoms with Gasteiger partial charge in [0, 0.05) is 52.6 Å². The van der Waals surface area contributed by atoms with Crippen LogP contribution in [0.5, 0.6) is 5.75 Å². The molecule has 178 valence electrons. The molecule has 10 nitrogen and oxygen atoms in total. The molecule has 1 aromatic carbocycles. The molecule has 0 aromatic heterocycles. The highest BCUT2D eigenvalue weighted by atomic mass is 16.6. The molecule has 0 saturated carbocycles. The zero-order valence-corrected chi connectivity index (χ0v) is 19.4. The lowest BCUT2D eigenvalue weighted by Gasteiger charge is -2.22. The first kappa shape index (κ1) is 26.9. The van der Waals surface area contributed by atoms with E-state index in [-0.39, 0.29) is 24.7 Å². The maximum absolute atomic E-state index is 12.2. The second-order valence-electron chi connectivity index (χ2n) is 7.79. The Labute approximate surface area is 189 Å². The number of carbonyl (C=O) groups is 4. The van der Waals surface area contributed by atoms with Crippen LogP contribution >= 0.6 is 0 Å². The van der Waals surface area contributed by atoms with Gasteiger partial charge in [0.1, 0.15) is 5.75 Å². The Balaban J connectivity index is 2.23. The van der Waals surface area contributed by atoms with E-state index in [1.807, 2.05) is 7.05 Å². The maximum Gasteiger partial charge on any atom is 0.414 e. The lowest BCUT2D eigenvalue weighted by Crippen LogP contribution is -2.33. The number of anilines is 1. The van der Waals surface area contributed by atoms with E-state index in [0.29, 0.717) is 24.5 Å². The average Bonchev–Trinajstić information content (AvgIpc) is 2.72. The normalized spacial score (nSPS) is 10.5. The van der Waals surface area contributed by atoms with E-state index in [2.05, 4.69) is 10.2 Å². The number of nitrogens with zero attached hydrogens (tertiary/aromatic N) is 3. The number of nitrogens with two attached hydrogens (primary N) is 1. The predicted molar refractivity (Wildman–Crippen MR) is 122 cm³/mol. The van der Waals surface area contributed by atoms with Gasteiger partial charge in [0.15, 0.2) is 0 Å². The first-order valence-electron chi connectivity index (χ1n) is 10.6. The molecule has 0 aliphatic carbocycles. The molecule has 0 heterocycles. The Hall–Kier alpha value is -3.14. The van der Waals surface area contributed by atoms with E-state index in [1.165, 1.54) is 11.8 Å². The van der Waals surface area contributed by atoms with Crippen molar-refractivity contribution in [1.82, 2.24) is 14.7 Å². The van der Waals surface area contributed by atoms with E-state index in [1.54, 1.807) is 43.3 Å². The van der Waals surface area contributed by atoms with Crippen molar-refractivity contribution < 1.29 is 23.9 Å². The minimum absolute atomic E-state index is 0.0708. The molecule has 0 atom stereocenters. The van der Waals surface area contributed by atoms with Crippen molar-refractivity contribution in [3.63, 3.8) is 0 Å². The summed E-state index contributed by atoms with van der Waals surface area (Å²) >= 11 is 0. The summed E-state index contributed by atoms with van der Waals surface area (Å²) in [5, 5.41) is 2.65. The fourth-order valence-corrected chi connectivity index (χ4v) is 2.89. The molecule has 0 bridgehead atoms. The molecule has 1 rings (SSSR count). The molecular formula is C22H35N5O5. The number of nitrogens with one attached hydrogen (secondary N) is 1. The van der Waals surface area contributed by atoms with Gasteiger partial charge in [-0.15, -0.1) is 0 Å². The van der Waals surface area contributed by atoms with Gasteiger partial charge >= 0.3 is 6.09 Å². The molecule has 0 unspecified atom stereocenters. The summed E-state index contributed by atoms with van der Waals surface area (Å²) in [5.74, 6) is -0.320. The van der Waals surface area contributed by atoms with Gasteiger partial charge in [-0.3, -0.25) is 14.4 Å². The van der Waals surface area contributed by atoms with Gasteiger partial charge in [0.05, 0.1) is 0 Å². The molecular weight excluding hydrogens is 414 g/mol. The lowest BCUT2D eigenvalue weighted by molar-refractivity contribution is -0.132. The van der Waals surface area contributed by atoms with E-state index >= 15 is 0 Å². The van der Waals surface area contributed by atoms with Crippen LogP contribution in [0.3, 0.4) is 0 Å². The molecule has 0 aliphatic heterocycles. The number of ether oxygens (including phenoxy) is 1. The first-order valence-corrected chi connectivity index (χ1v) is 10.6. The largest absolute Gasteiger partial charge is 0.414 e. The first-order chi connectivity index (χ1) is 15.1. The highest BCUT2D eigenvalue weighted by molar-refractivity contribution is 5.88. The van der Waals surface area contributed by atoms with Crippen molar-refractivity contribution in [1.29, 1.82) is 0 Å². The van der Waals surface area contributed by atoms with Crippen molar-refractivity contribution in [2.75, 3.05) is 52.6 Å². The summed E-state index contributed by atoms with van der Waals surface area (Å²) < 4.78 is 5.34. The lowest BCUT2D eigenvalue weighted by atomic mass is 10.2. The number of hydrogen-bond donors (Lipinski definition) is 2. The van der Waals surface area contributed by atoms with Crippen LogP contribution in [-0.4, -0.2) is 85.8 Å². The number of primary amides is 1. The zero-order chi connectivity index (χ0) is 24.1. The summed E-state index contributed by atoms with van der Waals surface area (Å²) in [7, 11) is 5.39. The third-order valence-corrected chi connectivity index (χ3v) is 4.77. The van der Waals surface area contributed by atoms with Gasteiger partial charge < -0.3 is 30.5 Å². The minimum Gasteiger partial charge on any atom is -0.410 e. The second-order valence-corrected chi connectivity index (χ2v) is 7.79. The average molecular weight is 450 g/mol. The fourth-order valence-electron chi connectivity index (χ4n) is 2.89. The summed E-state index contributed by atoms with van der Waals surface area (Å²) in [6.07, 6.45) is 1.35. The molecule has 10 heteroatoms. The van der Waals surface area contributed by atoms with Gasteiger partial charge in [-0.1, -0.05) is 0 Å². The summed E-state index contributed by atoms with van der Waals surface area (Å²) in [6, 6.07) is 6.59. The Morgan fingerprint density at radius 3 is 1.97 bits per heavy atom. The third-order valence-electron chi connectivity index (χ3n) is 4.77. The molecule has 0 fully saturated rings. The SMILES string of the molecule is CC(=O)Nc1ccc(OC(=O)N(C)CCCN(C)CCCN(C)C(=O)CCC(N)=O)cc1. The monoisotopic (exact) mass is 449 g/mol. The molecule has 3 N–H and O–H groups in total. The molecule has 0 spiro atoms. The van der Waals surface area contributed by atoms with Gasteiger partial charge in [-0.25, -0.2) is 4.79 Å². The Morgan fingerprint density at radius 2 is 1.44 bits per heavy atom. The number of amides is 4. The van der Waals surface area contributed by atoms with E-state index < -0.39 is 12.0 Å². The van der Waals surface area contributed by atoms with E-state index in [4.69, 9.17) is 10.5 Å². The van der Waals surface area contributed by atoms with Crippen molar-refractivity contribution in [3.8, 4) is 5.75 Å².